The van der Waals surface area contributed by atoms with Crippen LogP contribution in [0.3, 0.4) is 0 Å². The van der Waals surface area contributed by atoms with E-state index in [-0.39, 0.29) is 0 Å². The molecule has 3 nitrogen and oxygen atoms in total. The first-order valence-electron chi connectivity index (χ1n) is 7.20. The summed E-state index contributed by atoms with van der Waals surface area (Å²) in [5, 5.41) is 0.601. The summed E-state index contributed by atoms with van der Waals surface area (Å²) in [6.45, 7) is 13.1. The summed E-state index contributed by atoms with van der Waals surface area (Å²) < 4.78 is 0. The smallest absolute Gasteiger partial charge is 0.137 e. The fraction of sp³-hybridized carbons (Fsp3) is 0.733. The van der Waals surface area contributed by atoms with Crippen molar-refractivity contribution in [3.8, 4) is 0 Å². The van der Waals surface area contributed by atoms with Crippen LogP contribution in [0, 0.1) is 11.8 Å². The molecule has 0 atom stereocenters. The Morgan fingerprint density at radius 1 is 1.11 bits per heavy atom. The Morgan fingerprint density at radius 3 is 2.16 bits per heavy atom. The third-order valence-corrected chi connectivity index (χ3v) is 3.17. The van der Waals surface area contributed by atoms with Crippen LogP contribution >= 0.6 is 11.6 Å². The topological polar surface area (TPSA) is 29.0 Å². The minimum Gasteiger partial charge on any atom is -0.356 e. The molecular weight excluding hydrogens is 258 g/mol. The monoisotopic (exact) mass is 283 g/mol. The summed E-state index contributed by atoms with van der Waals surface area (Å²) in [5.41, 5.74) is 1.09. The molecule has 1 aromatic heterocycles. The van der Waals surface area contributed by atoms with Crippen molar-refractivity contribution in [1.29, 1.82) is 0 Å². The van der Waals surface area contributed by atoms with E-state index in [1.54, 1.807) is 6.33 Å². The Bertz CT molecular complexity index is 381. The molecule has 0 aromatic carbocycles. The van der Waals surface area contributed by atoms with Gasteiger partial charge in [-0.05, 0) is 18.3 Å². The van der Waals surface area contributed by atoms with Gasteiger partial charge in [-0.3, -0.25) is 0 Å². The molecule has 108 valence electrons. The van der Waals surface area contributed by atoms with Crippen LogP contribution in [-0.2, 0) is 6.42 Å². The number of aromatic nitrogens is 2. The van der Waals surface area contributed by atoms with Crippen LogP contribution in [0.25, 0.3) is 0 Å². The van der Waals surface area contributed by atoms with Gasteiger partial charge >= 0.3 is 0 Å². The van der Waals surface area contributed by atoms with Gasteiger partial charge in [0.25, 0.3) is 0 Å². The first-order valence-corrected chi connectivity index (χ1v) is 7.57. The van der Waals surface area contributed by atoms with Crippen LogP contribution < -0.4 is 4.90 Å². The number of nitrogens with zero attached hydrogens (tertiary/aromatic N) is 3. The zero-order valence-electron chi connectivity index (χ0n) is 12.8. The van der Waals surface area contributed by atoms with E-state index in [9.17, 15) is 0 Å². The highest BCUT2D eigenvalue weighted by molar-refractivity contribution is 6.30. The maximum atomic E-state index is 6.25. The molecule has 1 rings (SSSR count). The maximum absolute atomic E-state index is 6.25. The lowest BCUT2D eigenvalue weighted by Crippen LogP contribution is -2.33. The number of hydrogen-bond acceptors (Lipinski definition) is 3. The molecule has 0 saturated carbocycles. The van der Waals surface area contributed by atoms with Gasteiger partial charge in [0.05, 0.1) is 0 Å². The first-order chi connectivity index (χ1) is 8.95. The van der Waals surface area contributed by atoms with Crippen molar-refractivity contribution >= 4 is 17.4 Å². The number of rotatable bonds is 7. The van der Waals surface area contributed by atoms with E-state index >= 15 is 0 Å². The largest absolute Gasteiger partial charge is 0.356 e. The molecule has 0 saturated heterocycles. The second kappa shape index (κ2) is 7.68. The second-order valence-corrected chi connectivity index (χ2v) is 6.27. The zero-order valence-corrected chi connectivity index (χ0v) is 13.5. The summed E-state index contributed by atoms with van der Waals surface area (Å²) in [6, 6.07) is 0. The fourth-order valence-electron chi connectivity index (χ4n) is 2.25. The molecule has 0 aliphatic heterocycles. The summed E-state index contributed by atoms with van der Waals surface area (Å²) in [5.74, 6) is 2.22. The quantitative estimate of drug-likeness (QED) is 0.702. The Labute approximate surface area is 122 Å². The highest BCUT2D eigenvalue weighted by Crippen LogP contribution is 2.26. The van der Waals surface area contributed by atoms with E-state index in [0.717, 1.165) is 37.3 Å². The average molecular weight is 284 g/mol. The molecule has 0 aliphatic carbocycles. The van der Waals surface area contributed by atoms with Crippen LogP contribution in [0.1, 0.15) is 46.6 Å². The van der Waals surface area contributed by atoms with Crippen molar-refractivity contribution in [3.05, 3.63) is 17.0 Å². The minimum atomic E-state index is 0.599. The Hall–Kier alpha value is -0.830. The average Bonchev–Trinajstić information content (AvgIpc) is 2.30. The molecule has 0 fully saturated rings. The van der Waals surface area contributed by atoms with Gasteiger partial charge in [-0.1, -0.05) is 52.6 Å². The number of halogens is 1. The second-order valence-electron chi connectivity index (χ2n) is 5.91. The maximum Gasteiger partial charge on any atom is 0.137 e. The lowest BCUT2D eigenvalue weighted by molar-refractivity contribution is 0.546. The molecule has 1 heterocycles. The van der Waals surface area contributed by atoms with Crippen molar-refractivity contribution in [2.24, 2.45) is 11.8 Å². The van der Waals surface area contributed by atoms with Gasteiger partial charge in [-0.15, -0.1) is 0 Å². The van der Waals surface area contributed by atoms with Gasteiger partial charge in [0, 0.05) is 18.7 Å². The van der Waals surface area contributed by atoms with Gasteiger partial charge in [-0.2, -0.15) is 0 Å². The highest BCUT2D eigenvalue weighted by atomic mass is 35.5. The third kappa shape index (κ3) is 4.98. The lowest BCUT2D eigenvalue weighted by atomic mass is 10.1. The predicted molar refractivity (Wildman–Crippen MR) is 82.9 cm³/mol. The first kappa shape index (κ1) is 16.2. The number of anilines is 1. The van der Waals surface area contributed by atoms with E-state index in [1.807, 2.05) is 0 Å². The van der Waals surface area contributed by atoms with Crippen LogP contribution in [0.15, 0.2) is 6.33 Å². The van der Waals surface area contributed by atoms with E-state index in [2.05, 4.69) is 49.5 Å². The van der Waals surface area contributed by atoms with Crippen LogP contribution in [0.4, 0.5) is 5.82 Å². The van der Waals surface area contributed by atoms with E-state index in [0.29, 0.717) is 17.0 Å². The SMILES string of the molecule is CCCc1c(Cl)ncnc1N(CC(C)C)CC(C)C. The Balaban J connectivity index is 3.09. The van der Waals surface area contributed by atoms with Crippen molar-refractivity contribution in [1.82, 2.24) is 9.97 Å². The van der Waals surface area contributed by atoms with Crippen molar-refractivity contribution in [2.45, 2.75) is 47.5 Å². The fourth-order valence-corrected chi connectivity index (χ4v) is 2.47. The van der Waals surface area contributed by atoms with Crippen molar-refractivity contribution < 1.29 is 0 Å². The molecule has 0 radical (unpaired) electrons. The van der Waals surface area contributed by atoms with E-state index < -0.39 is 0 Å². The van der Waals surface area contributed by atoms with E-state index in [4.69, 9.17) is 11.6 Å². The van der Waals surface area contributed by atoms with Gasteiger partial charge < -0.3 is 4.90 Å². The molecular formula is C15H26ClN3. The summed E-state index contributed by atoms with van der Waals surface area (Å²) in [4.78, 5) is 11.0. The van der Waals surface area contributed by atoms with Crippen LogP contribution in [-0.4, -0.2) is 23.1 Å². The van der Waals surface area contributed by atoms with E-state index in [1.165, 1.54) is 0 Å². The Morgan fingerprint density at radius 2 is 1.68 bits per heavy atom. The molecule has 0 amide bonds. The van der Waals surface area contributed by atoms with Crippen molar-refractivity contribution in [2.75, 3.05) is 18.0 Å². The summed E-state index contributed by atoms with van der Waals surface area (Å²) in [7, 11) is 0. The molecule has 4 heteroatoms. The molecule has 0 aliphatic rings. The van der Waals surface area contributed by atoms with Crippen LogP contribution in [0.5, 0.6) is 0 Å². The van der Waals surface area contributed by atoms with Gasteiger partial charge in [0.15, 0.2) is 0 Å². The van der Waals surface area contributed by atoms with Gasteiger partial charge in [0.1, 0.15) is 17.3 Å². The lowest BCUT2D eigenvalue weighted by Gasteiger charge is -2.29. The third-order valence-electron chi connectivity index (χ3n) is 2.84. The molecule has 0 spiro atoms. The van der Waals surface area contributed by atoms with Gasteiger partial charge in [-0.25, -0.2) is 9.97 Å². The Kier molecular flexibility index (Phi) is 6.56. The molecule has 0 unspecified atom stereocenters. The molecule has 0 N–H and O–H groups in total. The summed E-state index contributed by atoms with van der Waals surface area (Å²) in [6.07, 6.45) is 3.56. The highest BCUT2D eigenvalue weighted by Gasteiger charge is 2.17. The minimum absolute atomic E-state index is 0.599. The normalized spacial score (nSPS) is 11.4. The van der Waals surface area contributed by atoms with Gasteiger partial charge in [0.2, 0.25) is 0 Å². The molecule has 0 bridgehead atoms. The van der Waals surface area contributed by atoms with Crippen LogP contribution in [0.2, 0.25) is 5.15 Å². The number of hydrogen-bond donors (Lipinski definition) is 0. The molecule has 1 aromatic rings. The predicted octanol–water partition coefficient (Wildman–Crippen LogP) is 4.20. The summed E-state index contributed by atoms with van der Waals surface area (Å²) >= 11 is 6.25. The zero-order chi connectivity index (χ0) is 14.4. The standard InChI is InChI=1S/C15H26ClN3/c1-6-7-13-14(16)17-10-18-15(13)19(8-11(2)3)9-12(4)5/h10-12H,6-9H2,1-5H3. The van der Waals surface area contributed by atoms with Crippen molar-refractivity contribution in [3.63, 3.8) is 0 Å². The molecule has 19 heavy (non-hydrogen) atoms.